The first kappa shape index (κ1) is 20.8. The molecule has 1 aliphatic heterocycles. The molecular formula is C24H31N3O3. The van der Waals surface area contributed by atoms with Crippen LogP contribution in [0.3, 0.4) is 0 Å². The number of rotatable bonds is 4. The number of aliphatic hydroxyl groups excluding tert-OH is 2. The molecule has 0 saturated heterocycles. The van der Waals surface area contributed by atoms with Gasteiger partial charge in [-0.25, -0.2) is 4.98 Å². The van der Waals surface area contributed by atoms with Gasteiger partial charge in [-0.15, -0.1) is 0 Å². The first-order valence-electron chi connectivity index (χ1n) is 11.0. The zero-order valence-corrected chi connectivity index (χ0v) is 17.6. The van der Waals surface area contributed by atoms with E-state index >= 15 is 0 Å². The summed E-state index contributed by atoms with van der Waals surface area (Å²) >= 11 is 0. The number of carbonyl (C=O) groups excluding carboxylic acids is 1. The predicted molar refractivity (Wildman–Crippen MR) is 117 cm³/mol. The van der Waals surface area contributed by atoms with Crippen LogP contribution in [0.5, 0.6) is 0 Å². The highest BCUT2D eigenvalue weighted by Gasteiger charge is 2.27. The highest BCUT2D eigenvalue weighted by atomic mass is 16.3. The summed E-state index contributed by atoms with van der Waals surface area (Å²) in [5.74, 6) is 0.100. The molecule has 2 aliphatic rings. The summed E-state index contributed by atoms with van der Waals surface area (Å²) in [6.45, 7) is 3.49. The van der Waals surface area contributed by atoms with Crippen molar-refractivity contribution in [2.45, 2.75) is 57.7 Å². The van der Waals surface area contributed by atoms with E-state index in [2.05, 4.69) is 28.1 Å². The van der Waals surface area contributed by atoms with Crippen LogP contribution in [-0.2, 0) is 11.3 Å². The molecule has 0 unspecified atom stereocenters. The smallest absolute Gasteiger partial charge is 0.219 e. The monoisotopic (exact) mass is 409 g/mol. The number of aromatic nitrogens is 1. The third-order valence-electron chi connectivity index (χ3n) is 6.40. The van der Waals surface area contributed by atoms with Crippen molar-refractivity contribution in [2.24, 2.45) is 0 Å². The zero-order valence-electron chi connectivity index (χ0n) is 17.6. The lowest BCUT2D eigenvalue weighted by Gasteiger charge is -2.36. The van der Waals surface area contributed by atoms with Gasteiger partial charge in [-0.05, 0) is 42.7 Å². The standard InChI is InChI=1S/C24H31N3O3/c1-17(29)26-12-13-27(20-6-3-2-4-7-20)23-11-10-18(14-19(23)15-26)21-8-5-9-22(25-21)24(30)16-28/h5,8-11,14,20,24,28,30H,2-4,6-7,12-13,15-16H2,1H3/t24-/m1/s1. The van der Waals surface area contributed by atoms with Crippen molar-refractivity contribution >= 4 is 11.6 Å². The van der Waals surface area contributed by atoms with Gasteiger partial charge in [0.2, 0.25) is 5.91 Å². The molecule has 1 saturated carbocycles. The molecule has 0 bridgehead atoms. The molecule has 1 aromatic carbocycles. The quantitative estimate of drug-likeness (QED) is 0.810. The Hall–Kier alpha value is -2.44. The van der Waals surface area contributed by atoms with Crippen LogP contribution in [0.25, 0.3) is 11.3 Å². The minimum absolute atomic E-state index is 0.100. The van der Waals surface area contributed by atoms with Crippen LogP contribution in [0.2, 0.25) is 0 Å². The zero-order chi connectivity index (χ0) is 21.1. The predicted octanol–water partition coefficient (Wildman–Crippen LogP) is 3.28. The molecule has 4 rings (SSSR count). The molecule has 30 heavy (non-hydrogen) atoms. The van der Waals surface area contributed by atoms with Gasteiger partial charge in [-0.1, -0.05) is 31.4 Å². The molecule has 160 valence electrons. The number of fused-ring (bicyclic) bond motifs is 1. The van der Waals surface area contributed by atoms with Gasteiger partial charge in [-0.3, -0.25) is 4.79 Å². The molecule has 1 fully saturated rings. The summed E-state index contributed by atoms with van der Waals surface area (Å²) in [5, 5.41) is 19.2. The number of hydrogen-bond acceptors (Lipinski definition) is 5. The lowest BCUT2D eigenvalue weighted by molar-refractivity contribution is -0.129. The van der Waals surface area contributed by atoms with Crippen LogP contribution in [0, 0.1) is 0 Å². The van der Waals surface area contributed by atoms with Crippen molar-refractivity contribution in [1.82, 2.24) is 9.88 Å². The minimum atomic E-state index is -0.985. The molecule has 0 radical (unpaired) electrons. The van der Waals surface area contributed by atoms with E-state index in [1.54, 1.807) is 13.0 Å². The summed E-state index contributed by atoms with van der Waals surface area (Å²) in [6.07, 6.45) is 5.30. The van der Waals surface area contributed by atoms with Gasteiger partial charge in [0.05, 0.1) is 18.0 Å². The van der Waals surface area contributed by atoms with E-state index in [1.807, 2.05) is 17.0 Å². The molecule has 2 N–H and O–H groups in total. The van der Waals surface area contributed by atoms with E-state index in [0.717, 1.165) is 29.9 Å². The number of carbonyl (C=O) groups is 1. The summed E-state index contributed by atoms with van der Waals surface area (Å²) in [6, 6.07) is 12.4. The van der Waals surface area contributed by atoms with Gasteiger partial charge in [-0.2, -0.15) is 0 Å². The summed E-state index contributed by atoms with van der Waals surface area (Å²) < 4.78 is 0. The van der Waals surface area contributed by atoms with E-state index in [0.29, 0.717) is 18.3 Å². The van der Waals surface area contributed by atoms with Crippen molar-refractivity contribution in [3.63, 3.8) is 0 Å². The Kier molecular flexibility index (Phi) is 6.35. The van der Waals surface area contributed by atoms with E-state index in [-0.39, 0.29) is 12.5 Å². The highest BCUT2D eigenvalue weighted by Crippen LogP contribution is 2.34. The fourth-order valence-corrected chi connectivity index (χ4v) is 4.72. The average Bonchev–Trinajstić information content (AvgIpc) is 2.98. The Labute approximate surface area is 178 Å². The maximum Gasteiger partial charge on any atom is 0.219 e. The first-order chi connectivity index (χ1) is 14.6. The first-order valence-corrected chi connectivity index (χ1v) is 11.0. The summed E-state index contributed by atoms with van der Waals surface area (Å²) in [7, 11) is 0. The van der Waals surface area contributed by atoms with Crippen molar-refractivity contribution in [3.05, 3.63) is 47.7 Å². The van der Waals surface area contributed by atoms with Gasteiger partial charge < -0.3 is 20.0 Å². The van der Waals surface area contributed by atoms with Crippen LogP contribution < -0.4 is 4.90 Å². The number of pyridine rings is 1. The minimum Gasteiger partial charge on any atom is -0.393 e. The van der Waals surface area contributed by atoms with E-state index in [4.69, 9.17) is 0 Å². The number of benzene rings is 1. The van der Waals surface area contributed by atoms with Crippen LogP contribution >= 0.6 is 0 Å². The third kappa shape index (κ3) is 4.35. The lowest BCUT2D eigenvalue weighted by Crippen LogP contribution is -2.40. The molecule has 1 amide bonds. The lowest BCUT2D eigenvalue weighted by atomic mass is 9.93. The fourth-order valence-electron chi connectivity index (χ4n) is 4.72. The molecule has 2 heterocycles. The largest absolute Gasteiger partial charge is 0.393 e. The molecular weight excluding hydrogens is 378 g/mol. The summed E-state index contributed by atoms with van der Waals surface area (Å²) in [5.41, 5.74) is 4.53. The van der Waals surface area contributed by atoms with Gasteiger partial charge >= 0.3 is 0 Å². The van der Waals surface area contributed by atoms with E-state index in [9.17, 15) is 15.0 Å². The molecule has 1 aliphatic carbocycles. The highest BCUT2D eigenvalue weighted by molar-refractivity contribution is 5.75. The van der Waals surface area contributed by atoms with Crippen molar-refractivity contribution in [3.8, 4) is 11.3 Å². The molecule has 1 aromatic heterocycles. The van der Waals surface area contributed by atoms with E-state index < -0.39 is 6.10 Å². The Bertz CT molecular complexity index is 895. The van der Waals surface area contributed by atoms with Gasteiger partial charge in [0.15, 0.2) is 0 Å². The third-order valence-corrected chi connectivity index (χ3v) is 6.40. The normalized spacial score (nSPS) is 18.6. The fraction of sp³-hybridized carbons (Fsp3) is 0.500. The van der Waals surface area contributed by atoms with Gasteiger partial charge in [0, 0.05) is 43.9 Å². The SMILES string of the molecule is CC(=O)N1CCN(C2CCCCC2)c2ccc(-c3cccc([C@H](O)CO)n3)cc2C1. The van der Waals surface area contributed by atoms with Crippen molar-refractivity contribution in [1.29, 1.82) is 0 Å². The maximum absolute atomic E-state index is 12.2. The average molecular weight is 410 g/mol. The number of hydrogen-bond donors (Lipinski definition) is 2. The second-order valence-electron chi connectivity index (χ2n) is 8.42. The molecule has 6 nitrogen and oxygen atoms in total. The van der Waals surface area contributed by atoms with Crippen molar-refractivity contribution in [2.75, 3.05) is 24.6 Å². The van der Waals surface area contributed by atoms with Crippen LogP contribution in [0.4, 0.5) is 5.69 Å². The van der Waals surface area contributed by atoms with Gasteiger partial charge in [0.25, 0.3) is 0 Å². The van der Waals surface area contributed by atoms with Gasteiger partial charge in [0.1, 0.15) is 6.10 Å². The van der Waals surface area contributed by atoms with Crippen LogP contribution in [0.15, 0.2) is 36.4 Å². The Morgan fingerprint density at radius 1 is 1.17 bits per heavy atom. The van der Waals surface area contributed by atoms with Crippen molar-refractivity contribution < 1.29 is 15.0 Å². The molecule has 6 heteroatoms. The maximum atomic E-state index is 12.2. The Morgan fingerprint density at radius 3 is 2.70 bits per heavy atom. The topological polar surface area (TPSA) is 76.9 Å². The van der Waals surface area contributed by atoms with Crippen LogP contribution in [-0.4, -0.2) is 51.7 Å². The second-order valence-corrected chi connectivity index (χ2v) is 8.42. The molecule has 1 atom stereocenters. The second kappa shape index (κ2) is 9.14. The van der Waals surface area contributed by atoms with Crippen LogP contribution in [0.1, 0.15) is 56.4 Å². The Balaban J connectivity index is 1.71. The summed E-state index contributed by atoms with van der Waals surface area (Å²) in [4.78, 5) is 21.2. The van der Waals surface area contributed by atoms with E-state index in [1.165, 1.54) is 37.8 Å². The number of anilines is 1. The number of amides is 1. The number of nitrogens with zero attached hydrogens (tertiary/aromatic N) is 3. The molecule has 0 spiro atoms. The number of aliphatic hydroxyl groups is 2. The molecule has 2 aromatic rings. The Morgan fingerprint density at radius 2 is 1.97 bits per heavy atom.